The number of carbonyl (C=O) groups excluding carboxylic acids is 5. The number of carbonyl (C=O) groups is 5. The minimum Gasteiger partial charge on any atom is -0.352 e. The Hall–Kier alpha value is -5.52. The van der Waals surface area contributed by atoms with Crippen molar-refractivity contribution >= 4 is 49.2 Å². The molecule has 6 rings (SSSR count). The lowest BCUT2D eigenvalue weighted by atomic mass is 9.98. The van der Waals surface area contributed by atoms with E-state index in [1.54, 1.807) is 7.05 Å². The molecule has 57 heavy (non-hydrogen) atoms. The Morgan fingerprint density at radius 2 is 1.63 bits per heavy atom. The van der Waals surface area contributed by atoms with Crippen molar-refractivity contribution in [2.24, 2.45) is 5.73 Å². The second-order valence-corrected chi connectivity index (χ2v) is 14.7. The Balaban J connectivity index is 1.19. The van der Waals surface area contributed by atoms with Crippen molar-refractivity contribution in [2.45, 2.75) is 55.6 Å². The van der Waals surface area contributed by atoms with Gasteiger partial charge in [-0.05, 0) is 68.2 Å². The fourth-order valence-corrected chi connectivity index (χ4v) is 7.61. The number of amides is 6. The smallest absolute Gasteiger partial charge is 0.352 e. The third-order valence-electron chi connectivity index (χ3n) is 10.1. The highest BCUT2D eigenvalue weighted by molar-refractivity contribution is 7.39. The van der Waals surface area contributed by atoms with Gasteiger partial charge in [0.25, 0.3) is 5.91 Å². The van der Waals surface area contributed by atoms with Crippen LogP contribution in [0.2, 0.25) is 0 Å². The van der Waals surface area contributed by atoms with Crippen molar-refractivity contribution in [3.05, 3.63) is 107 Å². The highest BCUT2D eigenvalue weighted by atomic mass is 31.2. The maximum atomic E-state index is 14.4. The summed E-state index contributed by atoms with van der Waals surface area (Å²) in [7, 11) is -1.55. The molecule has 4 atom stereocenters. The SMILES string of the molecule is CN1CC[C@H]2CC[C@@H](C(=O)N[C@@H](CNC(N)=O)C(=O)NC(c3ccccc3)c3ccccc3)N2C(=O)[C@@H](NC(=O)c2cc3cc(C(F)(F)OP(O)O)ccc3[nH]2)C1. The van der Waals surface area contributed by atoms with E-state index in [1.807, 2.05) is 65.6 Å². The van der Waals surface area contributed by atoms with Crippen molar-refractivity contribution in [1.82, 2.24) is 36.1 Å². The Morgan fingerprint density at radius 1 is 0.965 bits per heavy atom. The van der Waals surface area contributed by atoms with Crippen LogP contribution in [0.1, 0.15) is 52.5 Å². The van der Waals surface area contributed by atoms with Crippen molar-refractivity contribution in [3.63, 3.8) is 0 Å². The van der Waals surface area contributed by atoms with Gasteiger partial charge in [0.15, 0.2) is 0 Å². The van der Waals surface area contributed by atoms with E-state index in [0.29, 0.717) is 24.9 Å². The minimum atomic E-state index is -4.01. The van der Waals surface area contributed by atoms with Crippen LogP contribution in [0.15, 0.2) is 84.9 Å². The van der Waals surface area contributed by atoms with Crippen LogP contribution in [0.25, 0.3) is 10.9 Å². The first-order valence-electron chi connectivity index (χ1n) is 18.1. The van der Waals surface area contributed by atoms with Crippen molar-refractivity contribution in [1.29, 1.82) is 0 Å². The third kappa shape index (κ3) is 9.90. The van der Waals surface area contributed by atoms with Crippen LogP contribution >= 0.6 is 8.60 Å². The van der Waals surface area contributed by atoms with Crippen LogP contribution in [0, 0.1) is 0 Å². The van der Waals surface area contributed by atoms with E-state index in [-0.39, 0.29) is 36.6 Å². The maximum absolute atomic E-state index is 14.4. The number of nitrogens with zero attached hydrogens (tertiary/aromatic N) is 2. The molecular weight excluding hydrogens is 765 g/mol. The van der Waals surface area contributed by atoms with E-state index >= 15 is 0 Å². The van der Waals surface area contributed by atoms with Gasteiger partial charge in [-0.25, -0.2) is 9.32 Å². The number of H-pyrrole nitrogens is 1. The monoisotopic (exact) mass is 808 g/mol. The highest BCUT2D eigenvalue weighted by Crippen LogP contribution is 2.42. The minimum absolute atomic E-state index is 0.0390. The van der Waals surface area contributed by atoms with Gasteiger partial charge in [-0.3, -0.25) is 19.2 Å². The molecule has 19 heteroatoms. The average molecular weight is 809 g/mol. The first kappa shape index (κ1) is 41.1. The van der Waals surface area contributed by atoms with Gasteiger partial charge in [0.2, 0.25) is 17.7 Å². The highest BCUT2D eigenvalue weighted by Gasteiger charge is 2.45. The molecule has 0 bridgehead atoms. The summed E-state index contributed by atoms with van der Waals surface area (Å²) in [6, 6.07) is 17.8. The number of hydrogen-bond donors (Lipinski definition) is 8. The van der Waals surface area contributed by atoms with Crippen LogP contribution in [0.3, 0.4) is 0 Å². The standard InChI is InChI=1S/C38H43F2N8O8P/c1-47-17-16-26-13-15-31(35(51)44-29(20-42-37(41)53)34(50)46-32(22-8-4-2-5-9-22)23-10-6-3-7-11-23)48(26)36(52)30(21-47)45-33(49)28-19-24-18-25(12-14-27(24)43-28)38(39,40)56-57(54)55/h2-12,14,18-19,26,29-32,43,54-55H,13,15-17,20-21H2,1H3,(H,44,51)(H,45,49)(H,46,50)(H3,41,42,53)/t26-,29+,30+,31+/m1/s1. The van der Waals surface area contributed by atoms with Crippen molar-refractivity contribution in [2.75, 3.05) is 26.7 Å². The number of halogens is 2. The number of aromatic nitrogens is 1. The first-order chi connectivity index (χ1) is 27.2. The molecule has 2 fully saturated rings. The predicted octanol–water partition coefficient (Wildman–Crippen LogP) is 2.30. The van der Waals surface area contributed by atoms with Gasteiger partial charge in [-0.2, -0.15) is 8.78 Å². The number of alkyl halides is 2. The molecule has 4 aromatic rings. The lowest BCUT2D eigenvalue weighted by molar-refractivity contribution is -0.189. The van der Waals surface area contributed by atoms with Crippen LogP contribution in [-0.4, -0.2) is 105 Å². The van der Waals surface area contributed by atoms with Crippen LogP contribution in [0.5, 0.6) is 0 Å². The molecule has 6 amide bonds. The summed E-state index contributed by atoms with van der Waals surface area (Å²) >= 11 is 0. The molecule has 9 N–H and O–H groups in total. The van der Waals surface area contributed by atoms with Gasteiger partial charge >= 0.3 is 20.7 Å². The van der Waals surface area contributed by atoms with E-state index in [1.165, 1.54) is 17.0 Å². The zero-order chi connectivity index (χ0) is 40.9. The van der Waals surface area contributed by atoms with Crippen LogP contribution < -0.4 is 27.0 Å². The molecule has 0 spiro atoms. The molecule has 1 aromatic heterocycles. The Kier molecular flexibility index (Phi) is 12.8. The number of urea groups is 1. The summed E-state index contributed by atoms with van der Waals surface area (Å²) in [5, 5.41) is 11.0. The topological polar surface area (TPSA) is 231 Å². The number of aromatic amines is 1. The molecule has 16 nitrogen and oxygen atoms in total. The second kappa shape index (κ2) is 17.7. The number of benzene rings is 3. The lowest BCUT2D eigenvalue weighted by Gasteiger charge is -2.38. The van der Waals surface area contributed by atoms with E-state index in [9.17, 15) is 32.8 Å². The first-order valence-corrected chi connectivity index (χ1v) is 19.3. The zero-order valence-corrected chi connectivity index (χ0v) is 31.6. The van der Waals surface area contributed by atoms with Gasteiger partial charge in [0.1, 0.15) is 23.8 Å². The number of primary amides is 1. The number of rotatable bonds is 13. The maximum Gasteiger partial charge on any atom is 0.389 e. The van der Waals surface area contributed by atoms with E-state index in [2.05, 4.69) is 30.8 Å². The fourth-order valence-electron chi connectivity index (χ4n) is 7.30. The van der Waals surface area contributed by atoms with Gasteiger partial charge < -0.3 is 51.6 Å². The Morgan fingerprint density at radius 3 is 2.26 bits per heavy atom. The lowest BCUT2D eigenvalue weighted by Crippen LogP contribution is -2.62. The summed E-state index contributed by atoms with van der Waals surface area (Å²) in [6.07, 6.45) is -2.72. The van der Waals surface area contributed by atoms with Gasteiger partial charge in [0, 0.05) is 30.0 Å². The van der Waals surface area contributed by atoms with Crippen molar-refractivity contribution in [3.8, 4) is 0 Å². The fraction of sp³-hybridized carbons (Fsp3) is 0.342. The molecule has 2 aliphatic heterocycles. The molecule has 0 unspecified atom stereocenters. The molecule has 3 aromatic carbocycles. The van der Waals surface area contributed by atoms with Crippen LogP contribution in [-0.2, 0) is 25.0 Å². The number of nitrogens with one attached hydrogen (secondary N) is 5. The molecule has 0 aliphatic carbocycles. The summed E-state index contributed by atoms with van der Waals surface area (Å²) in [5.41, 5.74) is 6.51. The second-order valence-electron chi connectivity index (χ2n) is 14.0. The normalized spacial score (nSPS) is 19.5. The average Bonchev–Trinajstić information content (AvgIpc) is 3.81. The number of fused-ring (bicyclic) bond motifs is 2. The summed E-state index contributed by atoms with van der Waals surface area (Å²) in [5.74, 6) is -2.48. The van der Waals surface area contributed by atoms with Gasteiger partial charge in [-0.1, -0.05) is 60.7 Å². The van der Waals surface area contributed by atoms with Gasteiger partial charge in [0.05, 0.1) is 11.6 Å². The summed E-state index contributed by atoms with van der Waals surface area (Å²) in [6.45, 7) is 0.297. The number of hydrogen-bond acceptors (Lipinski definition) is 9. The quantitative estimate of drug-likeness (QED) is 0.0926. The third-order valence-corrected chi connectivity index (χ3v) is 10.5. The van der Waals surface area contributed by atoms with Crippen molar-refractivity contribution < 1.29 is 47.1 Å². The van der Waals surface area contributed by atoms with E-state index in [0.717, 1.165) is 23.3 Å². The van der Waals surface area contributed by atoms with Crippen LogP contribution in [0.4, 0.5) is 13.6 Å². The summed E-state index contributed by atoms with van der Waals surface area (Å²) < 4.78 is 32.7. The van der Waals surface area contributed by atoms with E-state index < -0.39 is 74.1 Å². The zero-order valence-electron chi connectivity index (χ0n) is 30.7. The molecule has 0 saturated carbocycles. The largest absolute Gasteiger partial charge is 0.389 e. The predicted molar refractivity (Wildman–Crippen MR) is 204 cm³/mol. The molecule has 2 aliphatic rings. The molecule has 302 valence electrons. The Bertz CT molecular complexity index is 2050. The Labute approximate surface area is 327 Å². The molecule has 2 saturated heterocycles. The molecular formula is C38H43F2N8O8P. The summed E-state index contributed by atoms with van der Waals surface area (Å²) in [4.78, 5) is 91.7. The van der Waals surface area contributed by atoms with Gasteiger partial charge in [-0.15, -0.1) is 0 Å². The molecule has 0 radical (unpaired) electrons. The number of nitrogens with two attached hydrogens (primary N) is 1. The number of likely N-dealkylation sites (N-methyl/N-ethyl adjacent to an activating group) is 1. The van der Waals surface area contributed by atoms with E-state index in [4.69, 9.17) is 15.5 Å². The molecule has 3 heterocycles.